The molecular weight excluding hydrogens is 399 g/mol. The van der Waals surface area contributed by atoms with Crippen molar-refractivity contribution in [2.45, 2.75) is 27.3 Å². The van der Waals surface area contributed by atoms with Crippen molar-refractivity contribution >= 4 is 29.3 Å². The van der Waals surface area contributed by atoms with Crippen molar-refractivity contribution in [3.63, 3.8) is 0 Å². The number of nitrogens with zero attached hydrogens (tertiary/aromatic N) is 2. The van der Waals surface area contributed by atoms with Crippen molar-refractivity contribution in [1.29, 1.82) is 5.26 Å². The van der Waals surface area contributed by atoms with Gasteiger partial charge < -0.3 is 0 Å². The summed E-state index contributed by atoms with van der Waals surface area (Å²) in [6.45, 7) is 5.56. The molecule has 4 nitrogen and oxygen atoms in total. The van der Waals surface area contributed by atoms with Crippen molar-refractivity contribution in [2.24, 2.45) is 5.41 Å². The molecule has 0 aliphatic rings. The molecule has 1 aromatic heterocycles. The van der Waals surface area contributed by atoms with Gasteiger partial charge in [0, 0.05) is 17.1 Å². The molecule has 0 bridgehead atoms. The Kier molecular flexibility index (Phi) is 6.14. The summed E-state index contributed by atoms with van der Waals surface area (Å²) in [5, 5.41) is 9.37. The quantitative estimate of drug-likeness (QED) is 0.651. The fraction of sp³-hybridized carbons (Fsp3) is 0.208. The minimum Gasteiger partial charge on any atom is -0.294 e. The van der Waals surface area contributed by atoms with E-state index in [1.165, 1.54) is 22.8 Å². The van der Waals surface area contributed by atoms with E-state index in [9.17, 15) is 19.2 Å². The first-order valence-electron chi connectivity index (χ1n) is 9.41. The molecule has 0 fully saturated rings. The van der Waals surface area contributed by atoms with Crippen LogP contribution in [-0.2, 0) is 11.3 Å². The van der Waals surface area contributed by atoms with Gasteiger partial charge in [0.05, 0.1) is 22.7 Å². The van der Waals surface area contributed by atoms with Crippen molar-refractivity contribution < 1.29 is 9.18 Å². The molecule has 0 saturated carbocycles. The molecule has 30 heavy (non-hydrogen) atoms. The average Bonchev–Trinajstić information content (AvgIpc) is 2.98. The summed E-state index contributed by atoms with van der Waals surface area (Å²) < 4.78 is 16.4. The van der Waals surface area contributed by atoms with Gasteiger partial charge in [-0.2, -0.15) is 5.26 Å². The van der Waals surface area contributed by atoms with E-state index < -0.39 is 11.2 Å². The van der Waals surface area contributed by atoms with Crippen molar-refractivity contribution in [2.75, 3.05) is 0 Å². The number of hydrogen-bond acceptors (Lipinski definition) is 4. The Bertz CT molecular complexity index is 1320. The highest BCUT2D eigenvalue weighted by Gasteiger charge is 2.20. The van der Waals surface area contributed by atoms with Gasteiger partial charge in [0.15, 0.2) is 5.78 Å². The van der Waals surface area contributed by atoms with Crippen LogP contribution in [0, 0.1) is 22.6 Å². The topological polar surface area (TPSA) is 62.9 Å². The second-order valence-electron chi connectivity index (χ2n) is 7.89. The number of carbonyl (C=O) groups excluding carboxylic acids is 1. The molecule has 2 aromatic carbocycles. The number of hydrogen-bond donors (Lipinski definition) is 0. The second-order valence-corrected chi connectivity index (χ2v) is 8.95. The van der Waals surface area contributed by atoms with Gasteiger partial charge in [0.1, 0.15) is 10.5 Å². The van der Waals surface area contributed by atoms with Gasteiger partial charge >= 0.3 is 0 Å². The zero-order valence-electron chi connectivity index (χ0n) is 17.0. The summed E-state index contributed by atoms with van der Waals surface area (Å²) >= 11 is 1.14. The van der Waals surface area contributed by atoms with Crippen LogP contribution in [0.3, 0.4) is 0 Å². The van der Waals surface area contributed by atoms with Crippen LogP contribution in [0.25, 0.3) is 12.2 Å². The van der Waals surface area contributed by atoms with E-state index >= 15 is 0 Å². The maximum Gasteiger partial charge on any atom is 0.269 e. The van der Waals surface area contributed by atoms with Crippen LogP contribution in [0.5, 0.6) is 0 Å². The van der Waals surface area contributed by atoms with Crippen LogP contribution in [0.4, 0.5) is 4.39 Å². The standard InChI is InChI=1S/C24H21FN2O2S/c1-24(2,3)21(28)13-22-27(15-18-10-5-4-9-17(18)14-26)23(29)20(30-22)12-16-8-6-7-11-19(16)25/h4-13H,15H2,1-3H3. The molecule has 0 aliphatic carbocycles. The normalized spacial score (nSPS) is 12.8. The minimum absolute atomic E-state index is 0.122. The number of nitriles is 1. The molecule has 0 unspecified atom stereocenters. The summed E-state index contributed by atoms with van der Waals surface area (Å²) in [6, 6.07) is 15.3. The predicted octanol–water partition coefficient (Wildman–Crippen LogP) is 3.19. The Morgan fingerprint density at radius 3 is 2.50 bits per heavy atom. The summed E-state index contributed by atoms with van der Waals surface area (Å²) in [4.78, 5) is 25.8. The number of aromatic nitrogens is 1. The summed E-state index contributed by atoms with van der Waals surface area (Å²) in [5.74, 6) is -0.550. The average molecular weight is 421 g/mol. The van der Waals surface area contributed by atoms with Gasteiger partial charge in [-0.3, -0.25) is 14.2 Å². The van der Waals surface area contributed by atoms with Gasteiger partial charge in [-0.1, -0.05) is 57.2 Å². The number of Topliss-reactive ketones (excluding diaryl/α,β-unsaturated/α-hetero) is 1. The Morgan fingerprint density at radius 1 is 1.17 bits per heavy atom. The molecule has 152 valence electrons. The molecule has 6 heteroatoms. The molecular formula is C24H21FN2O2S. The highest BCUT2D eigenvalue weighted by atomic mass is 32.1. The number of halogens is 1. The largest absolute Gasteiger partial charge is 0.294 e. The maximum atomic E-state index is 14.1. The molecule has 0 N–H and O–H groups in total. The van der Waals surface area contributed by atoms with Gasteiger partial charge in [-0.15, -0.1) is 11.3 Å². The van der Waals surface area contributed by atoms with Crippen molar-refractivity contribution in [3.8, 4) is 6.07 Å². The smallest absolute Gasteiger partial charge is 0.269 e. The summed E-state index contributed by atoms with van der Waals surface area (Å²) in [5.41, 5.74) is 0.502. The number of carbonyl (C=O) groups is 1. The van der Waals surface area contributed by atoms with Crippen LogP contribution in [0.2, 0.25) is 0 Å². The first-order valence-corrected chi connectivity index (χ1v) is 10.2. The molecule has 3 aromatic rings. The fourth-order valence-electron chi connectivity index (χ4n) is 2.79. The zero-order chi connectivity index (χ0) is 21.9. The van der Waals surface area contributed by atoms with E-state index in [2.05, 4.69) is 6.07 Å². The predicted molar refractivity (Wildman–Crippen MR) is 117 cm³/mol. The third kappa shape index (κ3) is 4.64. The van der Waals surface area contributed by atoms with Crippen molar-refractivity contribution in [3.05, 3.63) is 90.6 Å². The molecule has 0 saturated heterocycles. The molecule has 0 aliphatic heterocycles. The molecule has 1 heterocycles. The zero-order valence-corrected chi connectivity index (χ0v) is 17.8. The lowest BCUT2D eigenvalue weighted by Gasteiger charge is -2.13. The SMILES string of the molecule is CC(C)(C)C(=O)C=c1sc(=Cc2ccccc2F)c(=O)n1Cc1ccccc1C#N. The monoisotopic (exact) mass is 420 g/mol. The number of thiazole rings is 1. The maximum absolute atomic E-state index is 14.1. The van der Waals surface area contributed by atoms with Crippen LogP contribution in [0.1, 0.15) is 37.5 Å². The molecule has 0 atom stereocenters. The fourth-order valence-corrected chi connectivity index (χ4v) is 3.82. The first kappa shape index (κ1) is 21.4. The Hall–Kier alpha value is -3.30. The lowest BCUT2D eigenvalue weighted by Crippen LogP contribution is -2.33. The number of rotatable bonds is 4. The van der Waals surface area contributed by atoms with Gasteiger partial charge in [0.25, 0.3) is 5.56 Å². The van der Waals surface area contributed by atoms with E-state index in [1.807, 2.05) is 0 Å². The summed E-state index contributed by atoms with van der Waals surface area (Å²) in [6.07, 6.45) is 2.95. The third-order valence-electron chi connectivity index (χ3n) is 4.59. The lowest BCUT2D eigenvalue weighted by atomic mass is 9.91. The van der Waals surface area contributed by atoms with Gasteiger partial charge in [-0.05, 0) is 23.8 Å². The van der Waals surface area contributed by atoms with E-state index in [0.29, 0.717) is 25.9 Å². The highest BCUT2D eigenvalue weighted by Crippen LogP contribution is 2.15. The summed E-state index contributed by atoms with van der Waals surface area (Å²) in [7, 11) is 0. The van der Waals surface area contributed by atoms with Gasteiger partial charge in [-0.25, -0.2) is 4.39 Å². The van der Waals surface area contributed by atoms with Crippen LogP contribution < -0.4 is 14.8 Å². The van der Waals surface area contributed by atoms with Crippen LogP contribution in [-0.4, -0.2) is 10.4 Å². The van der Waals surface area contributed by atoms with Crippen molar-refractivity contribution in [1.82, 2.24) is 4.57 Å². The third-order valence-corrected chi connectivity index (χ3v) is 5.65. The van der Waals surface area contributed by atoms with Crippen LogP contribution in [0.15, 0.2) is 53.3 Å². The number of benzene rings is 2. The van der Waals surface area contributed by atoms with E-state index in [1.54, 1.807) is 63.2 Å². The Balaban J connectivity index is 2.24. The molecule has 0 amide bonds. The van der Waals surface area contributed by atoms with E-state index in [4.69, 9.17) is 0 Å². The van der Waals surface area contributed by atoms with Gasteiger partial charge in [0.2, 0.25) is 0 Å². The molecule has 3 rings (SSSR count). The first-order chi connectivity index (χ1) is 14.2. The molecule has 0 spiro atoms. The second kappa shape index (κ2) is 8.60. The van der Waals surface area contributed by atoms with E-state index in [-0.39, 0.29) is 17.9 Å². The lowest BCUT2D eigenvalue weighted by molar-refractivity contribution is -0.120. The number of ketones is 1. The Morgan fingerprint density at radius 2 is 1.83 bits per heavy atom. The minimum atomic E-state index is -0.606. The van der Waals surface area contributed by atoms with E-state index in [0.717, 1.165) is 11.3 Å². The molecule has 0 radical (unpaired) electrons. The highest BCUT2D eigenvalue weighted by molar-refractivity contribution is 7.07. The Labute approximate surface area is 177 Å². The van der Waals surface area contributed by atoms with Crippen LogP contribution >= 0.6 is 11.3 Å².